The van der Waals surface area contributed by atoms with Crippen LogP contribution in [0.5, 0.6) is 5.75 Å². The van der Waals surface area contributed by atoms with Crippen molar-refractivity contribution >= 4 is 11.6 Å². The van der Waals surface area contributed by atoms with Gasteiger partial charge < -0.3 is 9.47 Å². The third-order valence-corrected chi connectivity index (χ3v) is 4.70. The van der Waals surface area contributed by atoms with Crippen LogP contribution in [0.25, 0.3) is 0 Å². The van der Waals surface area contributed by atoms with E-state index in [4.69, 9.17) is 9.47 Å². The fourth-order valence-corrected chi connectivity index (χ4v) is 3.32. The summed E-state index contributed by atoms with van der Waals surface area (Å²) in [4.78, 5) is 26.0. The predicted molar refractivity (Wildman–Crippen MR) is 105 cm³/mol. The maximum Gasteiger partial charge on any atom is 0.190 e. The molecule has 7 nitrogen and oxygen atoms in total. The van der Waals surface area contributed by atoms with Crippen LogP contribution in [0.4, 0.5) is 0 Å². The van der Waals surface area contributed by atoms with Gasteiger partial charge in [-0.15, -0.1) is 0 Å². The van der Waals surface area contributed by atoms with E-state index in [2.05, 4.69) is 10.00 Å². The minimum Gasteiger partial charge on any atom is -0.492 e. The number of carbonyl (C=O) groups is 2. The Hall–Kier alpha value is -2.51. The number of carbonyl (C=O) groups excluding carboxylic acids is 2. The van der Waals surface area contributed by atoms with E-state index in [0.717, 1.165) is 49.7 Å². The maximum atomic E-state index is 12.4. The largest absolute Gasteiger partial charge is 0.492 e. The molecule has 28 heavy (non-hydrogen) atoms. The molecule has 0 N–H and O–H groups in total. The zero-order valence-corrected chi connectivity index (χ0v) is 16.5. The summed E-state index contributed by atoms with van der Waals surface area (Å²) in [6.45, 7) is 6.28. The van der Waals surface area contributed by atoms with E-state index in [9.17, 15) is 9.59 Å². The van der Waals surface area contributed by atoms with Crippen LogP contribution in [0.2, 0.25) is 0 Å². The molecule has 150 valence electrons. The van der Waals surface area contributed by atoms with E-state index < -0.39 is 0 Å². The van der Waals surface area contributed by atoms with Crippen molar-refractivity contribution in [3.63, 3.8) is 0 Å². The number of benzene rings is 1. The van der Waals surface area contributed by atoms with Gasteiger partial charge in [-0.3, -0.25) is 19.2 Å². The Kier molecular flexibility index (Phi) is 6.95. The molecular formula is C21H27N3O4. The average Bonchev–Trinajstić information content (AvgIpc) is 3.04. The zero-order chi connectivity index (χ0) is 19.9. The number of ketones is 2. The Morgan fingerprint density at radius 1 is 1.18 bits per heavy atom. The van der Waals surface area contributed by atoms with Crippen LogP contribution in [-0.2, 0) is 23.0 Å². The van der Waals surface area contributed by atoms with Gasteiger partial charge in [0.25, 0.3) is 0 Å². The molecule has 2 aromatic rings. The lowest BCUT2D eigenvalue weighted by Gasteiger charge is -2.26. The normalized spacial score (nSPS) is 14.8. The number of ether oxygens (including phenoxy) is 2. The van der Waals surface area contributed by atoms with Crippen LogP contribution < -0.4 is 4.74 Å². The SMILES string of the molecule is CC(=O)CC(=O)c1nn(C)cc1Cc1ccccc1OCCN1CCOCC1. The molecule has 0 bridgehead atoms. The number of Topliss-reactive ketones (excluding diaryl/α,β-unsaturated/α-hetero) is 2. The van der Waals surface area contributed by atoms with Crippen LogP contribution in [-0.4, -0.2) is 65.7 Å². The molecule has 0 spiro atoms. The van der Waals surface area contributed by atoms with E-state index in [0.29, 0.717) is 18.7 Å². The first-order valence-corrected chi connectivity index (χ1v) is 9.59. The molecule has 1 aliphatic heterocycles. The molecule has 0 atom stereocenters. The molecule has 0 amide bonds. The molecule has 3 rings (SSSR count). The average molecular weight is 385 g/mol. The number of para-hydroxylation sites is 1. The number of nitrogens with zero attached hydrogens (tertiary/aromatic N) is 3. The van der Waals surface area contributed by atoms with Gasteiger partial charge >= 0.3 is 0 Å². The van der Waals surface area contributed by atoms with Gasteiger partial charge in [-0.2, -0.15) is 5.10 Å². The molecule has 0 saturated carbocycles. The van der Waals surface area contributed by atoms with Crippen molar-refractivity contribution in [3.8, 4) is 5.75 Å². The van der Waals surface area contributed by atoms with Crippen molar-refractivity contribution in [2.75, 3.05) is 39.5 Å². The summed E-state index contributed by atoms with van der Waals surface area (Å²) in [5, 5.41) is 4.27. The molecule has 0 aliphatic carbocycles. The van der Waals surface area contributed by atoms with Crippen molar-refractivity contribution in [1.29, 1.82) is 0 Å². The number of aromatic nitrogens is 2. The van der Waals surface area contributed by atoms with E-state index in [1.807, 2.05) is 30.5 Å². The molecule has 0 unspecified atom stereocenters. The first kappa shape index (κ1) is 20.2. The lowest BCUT2D eigenvalue weighted by molar-refractivity contribution is -0.116. The van der Waals surface area contributed by atoms with Crippen molar-refractivity contribution < 1.29 is 19.1 Å². The highest BCUT2D eigenvalue weighted by Crippen LogP contribution is 2.23. The summed E-state index contributed by atoms with van der Waals surface area (Å²) < 4.78 is 13.0. The number of hydrogen-bond acceptors (Lipinski definition) is 6. The quantitative estimate of drug-likeness (QED) is 0.485. The van der Waals surface area contributed by atoms with Gasteiger partial charge in [-0.1, -0.05) is 18.2 Å². The van der Waals surface area contributed by atoms with Crippen LogP contribution in [0.3, 0.4) is 0 Å². The van der Waals surface area contributed by atoms with Gasteiger partial charge in [0.05, 0.1) is 19.6 Å². The maximum absolute atomic E-state index is 12.4. The van der Waals surface area contributed by atoms with Gasteiger partial charge in [0, 0.05) is 44.9 Å². The summed E-state index contributed by atoms with van der Waals surface area (Å²) in [6, 6.07) is 7.84. The van der Waals surface area contributed by atoms with Crippen molar-refractivity contribution in [3.05, 3.63) is 47.3 Å². The first-order valence-electron chi connectivity index (χ1n) is 9.59. The molecule has 1 aliphatic rings. The Labute approximate surface area is 165 Å². The van der Waals surface area contributed by atoms with E-state index in [1.165, 1.54) is 6.92 Å². The summed E-state index contributed by atoms with van der Waals surface area (Å²) in [5.74, 6) is 0.409. The van der Waals surface area contributed by atoms with Gasteiger partial charge in [-0.05, 0) is 18.6 Å². The first-order chi connectivity index (χ1) is 13.5. The minimum atomic E-state index is -0.242. The fraction of sp³-hybridized carbons (Fsp3) is 0.476. The topological polar surface area (TPSA) is 73.7 Å². The van der Waals surface area contributed by atoms with Crippen molar-refractivity contribution in [2.45, 2.75) is 19.8 Å². The monoisotopic (exact) mass is 385 g/mol. The Morgan fingerprint density at radius 3 is 2.68 bits per heavy atom. The summed E-state index contributed by atoms with van der Waals surface area (Å²) >= 11 is 0. The Morgan fingerprint density at radius 2 is 1.93 bits per heavy atom. The van der Waals surface area contributed by atoms with Crippen molar-refractivity contribution in [2.24, 2.45) is 7.05 Å². The molecule has 1 aromatic carbocycles. The lowest BCUT2D eigenvalue weighted by atomic mass is 10.0. The Bertz CT molecular complexity index is 825. The molecule has 1 fully saturated rings. The molecule has 1 aromatic heterocycles. The lowest BCUT2D eigenvalue weighted by Crippen LogP contribution is -2.38. The second kappa shape index (κ2) is 9.61. The third-order valence-electron chi connectivity index (χ3n) is 4.70. The second-order valence-corrected chi connectivity index (χ2v) is 7.07. The van der Waals surface area contributed by atoms with E-state index >= 15 is 0 Å². The third kappa shape index (κ3) is 5.50. The second-order valence-electron chi connectivity index (χ2n) is 7.07. The van der Waals surface area contributed by atoms with Crippen LogP contribution >= 0.6 is 0 Å². The van der Waals surface area contributed by atoms with Crippen molar-refractivity contribution in [1.82, 2.24) is 14.7 Å². The summed E-state index contributed by atoms with van der Waals surface area (Å²) in [7, 11) is 1.78. The summed E-state index contributed by atoms with van der Waals surface area (Å²) in [5.41, 5.74) is 2.16. The van der Waals surface area contributed by atoms with E-state index in [-0.39, 0.29) is 18.0 Å². The van der Waals surface area contributed by atoms with Crippen LogP contribution in [0.1, 0.15) is 35.0 Å². The molecule has 1 saturated heterocycles. The van der Waals surface area contributed by atoms with Gasteiger partial charge in [0.15, 0.2) is 5.78 Å². The van der Waals surface area contributed by atoms with Gasteiger partial charge in [0.1, 0.15) is 23.8 Å². The standard InChI is InChI=1S/C21H27N3O4/c1-16(25)13-19(26)21-18(15-23(2)22-21)14-17-5-3-4-6-20(17)28-12-9-24-7-10-27-11-8-24/h3-6,15H,7-14H2,1-2H3. The molecular weight excluding hydrogens is 358 g/mol. The van der Waals surface area contributed by atoms with Crippen LogP contribution in [0.15, 0.2) is 30.5 Å². The Balaban J connectivity index is 1.68. The highest BCUT2D eigenvalue weighted by Gasteiger charge is 2.19. The number of aryl methyl sites for hydroxylation is 1. The summed E-state index contributed by atoms with van der Waals surface area (Å²) in [6.07, 6.45) is 2.24. The van der Waals surface area contributed by atoms with E-state index in [1.54, 1.807) is 11.7 Å². The number of hydrogen-bond donors (Lipinski definition) is 0. The highest BCUT2D eigenvalue weighted by atomic mass is 16.5. The van der Waals surface area contributed by atoms with Crippen LogP contribution in [0, 0.1) is 0 Å². The smallest absolute Gasteiger partial charge is 0.190 e. The van der Waals surface area contributed by atoms with Gasteiger partial charge in [0.2, 0.25) is 0 Å². The van der Waals surface area contributed by atoms with Gasteiger partial charge in [-0.25, -0.2) is 0 Å². The fourth-order valence-electron chi connectivity index (χ4n) is 3.32. The number of rotatable bonds is 9. The predicted octanol–water partition coefficient (Wildman–Crippen LogP) is 1.88. The molecule has 2 heterocycles. The number of morpholine rings is 1. The molecule has 0 radical (unpaired) electrons. The minimum absolute atomic E-state index is 0.123. The molecule has 7 heteroatoms. The zero-order valence-electron chi connectivity index (χ0n) is 16.5. The highest BCUT2D eigenvalue weighted by molar-refractivity contribution is 6.07.